The summed E-state index contributed by atoms with van der Waals surface area (Å²) in [7, 11) is 1.67. The Balaban J connectivity index is 2.80. The normalized spacial score (nSPS) is 11.0. The zero-order valence-electron chi connectivity index (χ0n) is 8.54. The highest BCUT2D eigenvalue weighted by atomic mass is 35.5. The molecule has 0 heterocycles. The highest BCUT2D eigenvalue weighted by Crippen LogP contribution is 2.11. The predicted octanol–water partition coefficient (Wildman–Crippen LogP) is 1.76. The number of rotatable bonds is 3. The van der Waals surface area contributed by atoms with Crippen molar-refractivity contribution in [2.75, 3.05) is 12.4 Å². The van der Waals surface area contributed by atoms with E-state index in [1.54, 1.807) is 31.3 Å². The van der Waals surface area contributed by atoms with E-state index in [0.29, 0.717) is 5.17 Å². The van der Waals surface area contributed by atoms with Crippen molar-refractivity contribution < 1.29 is 4.79 Å². The summed E-state index contributed by atoms with van der Waals surface area (Å²) in [6.07, 6.45) is 0. The van der Waals surface area contributed by atoms with Crippen molar-refractivity contribution in [2.45, 2.75) is 6.92 Å². The Labute approximate surface area is 93.3 Å². The number of hydrogen-bond acceptors (Lipinski definition) is 3. The summed E-state index contributed by atoms with van der Waals surface area (Å²) in [6.45, 7) is 1.46. The molecule has 0 radical (unpaired) electrons. The van der Waals surface area contributed by atoms with Crippen molar-refractivity contribution in [3.05, 3.63) is 29.8 Å². The molecule has 2 N–H and O–H groups in total. The molecule has 0 spiro atoms. The monoisotopic (exact) mass is 225 g/mol. The summed E-state index contributed by atoms with van der Waals surface area (Å²) in [5, 5.41) is 6.88. The molecule has 1 aromatic rings. The van der Waals surface area contributed by atoms with E-state index in [-0.39, 0.29) is 5.91 Å². The number of nitrogens with one attached hydrogen (secondary N) is 2. The fourth-order valence-corrected chi connectivity index (χ4v) is 1.27. The molecule has 5 heteroatoms. The lowest BCUT2D eigenvalue weighted by atomic mass is 10.2. The minimum absolute atomic E-state index is 0.0993. The third-order valence-electron chi connectivity index (χ3n) is 1.65. The molecular formula is C10H12ClN3O. The van der Waals surface area contributed by atoms with Gasteiger partial charge in [0.25, 0.3) is 0 Å². The lowest BCUT2D eigenvalue weighted by molar-refractivity contribution is -0.114. The summed E-state index contributed by atoms with van der Waals surface area (Å²) in [5.74, 6) is -0.0993. The molecule has 0 atom stereocenters. The van der Waals surface area contributed by atoms with Crippen molar-refractivity contribution in [1.82, 2.24) is 5.43 Å². The van der Waals surface area contributed by atoms with Gasteiger partial charge in [0, 0.05) is 25.2 Å². The first-order chi connectivity index (χ1) is 7.13. The SMILES string of the molecule is CN/N=C(/Cl)c1ccc(NC(C)=O)cc1. The van der Waals surface area contributed by atoms with Crippen LogP contribution in [0.3, 0.4) is 0 Å². The molecule has 80 valence electrons. The van der Waals surface area contributed by atoms with Crippen molar-refractivity contribution in [1.29, 1.82) is 0 Å². The van der Waals surface area contributed by atoms with Crippen LogP contribution in [0.25, 0.3) is 0 Å². The largest absolute Gasteiger partial charge is 0.326 e. The molecule has 1 amide bonds. The van der Waals surface area contributed by atoms with Crippen LogP contribution in [0.15, 0.2) is 29.4 Å². The van der Waals surface area contributed by atoms with E-state index in [1.165, 1.54) is 6.92 Å². The molecule has 0 aromatic heterocycles. The van der Waals surface area contributed by atoms with Crippen LogP contribution in [-0.4, -0.2) is 18.1 Å². The van der Waals surface area contributed by atoms with Gasteiger partial charge in [-0.15, -0.1) is 0 Å². The third kappa shape index (κ3) is 3.59. The lowest BCUT2D eigenvalue weighted by Gasteiger charge is -2.03. The maximum Gasteiger partial charge on any atom is 0.221 e. The van der Waals surface area contributed by atoms with E-state index in [2.05, 4.69) is 15.8 Å². The number of anilines is 1. The molecule has 15 heavy (non-hydrogen) atoms. The number of hydrazone groups is 1. The topological polar surface area (TPSA) is 53.5 Å². The fourth-order valence-electron chi connectivity index (χ4n) is 1.06. The first-order valence-corrected chi connectivity index (χ1v) is 4.79. The molecule has 0 fully saturated rings. The van der Waals surface area contributed by atoms with Gasteiger partial charge < -0.3 is 10.7 Å². The summed E-state index contributed by atoms with van der Waals surface area (Å²) in [5.41, 5.74) is 4.13. The van der Waals surface area contributed by atoms with E-state index in [4.69, 9.17) is 11.6 Å². The van der Waals surface area contributed by atoms with Crippen molar-refractivity contribution >= 4 is 28.4 Å². The van der Waals surface area contributed by atoms with Crippen LogP contribution < -0.4 is 10.7 Å². The predicted molar refractivity (Wildman–Crippen MR) is 62.2 cm³/mol. The van der Waals surface area contributed by atoms with Crippen LogP contribution in [0.5, 0.6) is 0 Å². The minimum atomic E-state index is -0.0993. The standard InChI is InChI=1S/C10H12ClN3O/c1-7(15)13-9-5-3-8(4-6-9)10(11)14-12-2/h3-6,12H,1-2H3,(H,13,15)/b14-10+. The molecule has 0 aliphatic carbocycles. The van der Waals surface area contributed by atoms with Gasteiger partial charge in [0.2, 0.25) is 5.91 Å². The number of amides is 1. The molecule has 0 aliphatic heterocycles. The first kappa shape index (κ1) is 11.5. The molecule has 1 aromatic carbocycles. The molecular weight excluding hydrogens is 214 g/mol. The Morgan fingerprint density at radius 2 is 1.93 bits per heavy atom. The van der Waals surface area contributed by atoms with Crippen LogP contribution in [0.2, 0.25) is 0 Å². The zero-order valence-corrected chi connectivity index (χ0v) is 9.30. The molecule has 0 bridgehead atoms. The van der Waals surface area contributed by atoms with E-state index < -0.39 is 0 Å². The molecule has 0 saturated carbocycles. The third-order valence-corrected chi connectivity index (χ3v) is 1.96. The van der Waals surface area contributed by atoms with Crippen molar-refractivity contribution in [3.8, 4) is 0 Å². The Bertz CT molecular complexity index is 373. The molecule has 4 nitrogen and oxygen atoms in total. The highest BCUT2D eigenvalue weighted by Gasteiger charge is 2.00. The van der Waals surface area contributed by atoms with Gasteiger partial charge in [-0.25, -0.2) is 0 Å². The average Bonchev–Trinajstić information content (AvgIpc) is 2.18. The maximum atomic E-state index is 10.8. The van der Waals surface area contributed by atoms with Gasteiger partial charge in [-0.05, 0) is 24.3 Å². The number of carbonyl (C=O) groups is 1. The smallest absolute Gasteiger partial charge is 0.221 e. The van der Waals surface area contributed by atoms with Crippen LogP contribution in [0.4, 0.5) is 5.69 Å². The highest BCUT2D eigenvalue weighted by molar-refractivity contribution is 6.69. The lowest BCUT2D eigenvalue weighted by Crippen LogP contribution is -2.06. The number of benzene rings is 1. The molecule has 0 saturated heterocycles. The Morgan fingerprint density at radius 1 is 1.33 bits per heavy atom. The second-order valence-electron chi connectivity index (χ2n) is 2.88. The quantitative estimate of drug-likeness (QED) is 0.609. The van der Waals surface area contributed by atoms with Crippen LogP contribution in [0.1, 0.15) is 12.5 Å². The van der Waals surface area contributed by atoms with E-state index >= 15 is 0 Å². The Morgan fingerprint density at radius 3 is 2.40 bits per heavy atom. The second kappa shape index (κ2) is 5.36. The number of nitrogens with zero attached hydrogens (tertiary/aromatic N) is 1. The number of hydrogen-bond donors (Lipinski definition) is 2. The number of halogens is 1. The summed E-state index contributed by atoms with van der Waals surface area (Å²) in [4.78, 5) is 10.8. The van der Waals surface area contributed by atoms with E-state index in [9.17, 15) is 4.79 Å². The van der Waals surface area contributed by atoms with Crippen LogP contribution in [0, 0.1) is 0 Å². The van der Waals surface area contributed by atoms with Crippen molar-refractivity contribution in [3.63, 3.8) is 0 Å². The maximum absolute atomic E-state index is 10.8. The molecule has 0 unspecified atom stereocenters. The zero-order chi connectivity index (χ0) is 11.3. The summed E-state index contributed by atoms with van der Waals surface area (Å²) in [6, 6.07) is 7.11. The summed E-state index contributed by atoms with van der Waals surface area (Å²) < 4.78 is 0. The molecule has 0 aliphatic rings. The van der Waals surface area contributed by atoms with E-state index in [0.717, 1.165) is 11.3 Å². The van der Waals surface area contributed by atoms with Gasteiger partial charge in [0.15, 0.2) is 5.17 Å². The Kier molecular flexibility index (Phi) is 4.12. The van der Waals surface area contributed by atoms with Gasteiger partial charge >= 0.3 is 0 Å². The van der Waals surface area contributed by atoms with Gasteiger partial charge in [-0.3, -0.25) is 4.79 Å². The van der Waals surface area contributed by atoms with Crippen LogP contribution >= 0.6 is 11.6 Å². The van der Waals surface area contributed by atoms with Gasteiger partial charge in [0.1, 0.15) is 0 Å². The minimum Gasteiger partial charge on any atom is -0.326 e. The van der Waals surface area contributed by atoms with Gasteiger partial charge in [-0.2, -0.15) is 5.10 Å². The summed E-state index contributed by atoms with van der Waals surface area (Å²) >= 11 is 5.86. The fraction of sp³-hybridized carbons (Fsp3) is 0.200. The second-order valence-corrected chi connectivity index (χ2v) is 3.24. The molecule has 1 rings (SSSR count). The Hall–Kier alpha value is -1.55. The van der Waals surface area contributed by atoms with Gasteiger partial charge in [0.05, 0.1) is 0 Å². The van der Waals surface area contributed by atoms with Crippen LogP contribution in [-0.2, 0) is 4.79 Å². The number of carbonyl (C=O) groups excluding carboxylic acids is 1. The van der Waals surface area contributed by atoms with Crippen molar-refractivity contribution in [2.24, 2.45) is 5.10 Å². The van der Waals surface area contributed by atoms with Gasteiger partial charge in [-0.1, -0.05) is 11.6 Å². The average molecular weight is 226 g/mol. The first-order valence-electron chi connectivity index (χ1n) is 4.41. The van der Waals surface area contributed by atoms with E-state index in [1.807, 2.05) is 0 Å².